The highest BCUT2D eigenvalue weighted by atomic mass is 35.5. The molecular formula is C24H26ClFN2O5. The molecule has 0 aliphatic heterocycles. The maximum absolute atomic E-state index is 13.0. The molecule has 0 aromatic heterocycles. The highest BCUT2D eigenvalue weighted by molar-refractivity contribution is 6.30. The van der Waals surface area contributed by atoms with E-state index in [0.717, 1.165) is 0 Å². The predicted octanol–water partition coefficient (Wildman–Crippen LogP) is 2.99. The second-order valence-electron chi connectivity index (χ2n) is 8.74. The van der Waals surface area contributed by atoms with E-state index in [9.17, 15) is 19.1 Å². The van der Waals surface area contributed by atoms with Crippen LogP contribution in [-0.2, 0) is 9.59 Å². The van der Waals surface area contributed by atoms with Gasteiger partial charge in [-0.1, -0.05) is 11.6 Å². The van der Waals surface area contributed by atoms with Gasteiger partial charge in [-0.2, -0.15) is 0 Å². The lowest BCUT2D eigenvalue weighted by atomic mass is 9.60. The molecule has 7 nitrogen and oxygen atoms in total. The third-order valence-electron chi connectivity index (χ3n) is 6.48. The monoisotopic (exact) mass is 476 g/mol. The van der Waals surface area contributed by atoms with E-state index in [1.165, 1.54) is 24.3 Å². The smallest absolute Gasteiger partial charge is 0.258 e. The number of aliphatic hydroxyl groups is 1. The zero-order valence-electron chi connectivity index (χ0n) is 18.0. The second kappa shape index (κ2) is 9.57. The van der Waals surface area contributed by atoms with Crippen LogP contribution in [0.15, 0.2) is 48.5 Å². The average Bonchev–Trinajstić information content (AvgIpc) is 2.79. The van der Waals surface area contributed by atoms with Crippen molar-refractivity contribution in [3.63, 3.8) is 0 Å². The number of aliphatic hydroxyl groups excluding tert-OH is 1. The number of ether oxygens (including phenoxy) is 2. The molecule has 5 rings (SSSR count). The Kier molecular flexibility index (Phi) is 6.76. The van der Waals surface area contributed by atoms with Gasteiger partial charge in [0, 0.05) is 10.6 Å². The minimum atomic E-state index is -0.794. The standard InChI is InChI=1S/C24H26ClFN2O5/c25-16-1-5-18(6-2-16)33-15-22(31)28-24-11-9-23(10-12-24,13-20(24)29)27-21(30)14-32-19-7-3-17(26)4-8-19/h1-8,20,29H,9-15H2,(H,27,30)(H,28,31)/t20-,23?,24?/m0/s1. The maximum atomic E-state index is 13.0. The summed E-state index contributed by atoms with van der Waals surface area (Å²) in [5, 5.41) is 17.4. The largest absolute Gasteiger partial charge is 0.484 e. The average molecular weight is 477 g/mol. The number of amides is 2. The van der Waals surface area contributed by atoms with Crippen LogP contribution in [0.4, 0.5) is 4.39 Å². The summed E-state index contributed by atoms with van der Waals surface area (Å²) < 4.78 is 23.9. The molecule has 1 atom stereocenters. The van der Waals surface area contributed by atoms with Crippen LogP contribution in [0.1, 0.15) is 32.1 Å². The van der Waals surface area contributed by atoms with E-state index >= 15 is 0 Å². The lowest BCUT2D eigenvalue weighted by Gasteiger charge is -2.56. The van der Waals surface area contributed by atoms with Gasteiger partial charge in [-0.05, 0) is 80.6 Å². The molecule has 0 heterocycles. The van der Waals surface area contributed by atoms with Crippen LogP contribution in [0.25, 0.3) is 0 Å². The van der Waals surface area contributed by atoms with Crippen LogP contribution in [0, 0.1) is 5.82 Å². The lowest BCUT2D eigenvalue weighted by Crippen LogP contribution is -2.70. The summed E-state index contributed by atoms with van der Waals surface area (Å²) in [6, 6.07) is 12.2. The second-order valence-corrected chi connectivity index (χ2v) is 9.17. The van der Waals surface area contributed by atoms with Gasteiger partial charge < -0.3 is 25.2 Å². The molecule has 33 heavy (non-hydrogen) atoms. The molecule has 0 spiro atoms. The van der Waals surface area contributed by atoms with Crippen LogP contribution in [0.3, 0.4) is 0 Å². The third kappa shape index (κ3) is 5.57. The number of carbonyl (C=O) groups excluding carboxylic acids is 2. The Bertz CT molecular complexity index is 991. The first-order valence-corrected chi connectivity index (χ1v) is 11.2. The fourth-order valence-corrected chi connectivity index (χ4v) is 4.79. The van der Waals surface area contributed by atoms with Crippen LogP contribution >= 0.6 is 11.6 Å². The fraction of sp³-hybridized carbons (Fsp3) is 0.417. The summed E-state index contributed by atoms with van der Waals surface area (Å²) in [4.78, 5) is 24.9. The molecule has 0 radical (unpaired) electrons. The van der Waals surface area contributed by atoms with E-state index in [2.05, 4.69) is 10.6 Å². The summed E-state index contributed by atoms with van der Waals surface area (Å²) >= 11 is 5.85. The Labute approximate surface area is 196 Å². The molecule has 3 aliphatic rings. The van der Waals surface area contributed by atoms with Gasteiger partial charge in [0.1, 0.15) is 17.3 Å². The maximum Gasteiger partial charge on any atom is 0.258 e. The van der Waals surface area contributed by atoms with Crippen molar-refractivity contribution in [3.8, 4) is 11.5 Å². The molecule has 2 aromatic rings. The Hall–Kier alpha value is -2.84. The van der Waals surface area contributed by atoms with E-state index in [0.29, 0.717) is 48.6 Å². The molecule has 0 unspecified atom stereocenters. The van der Waals surface area contributed by atoms with Gasteiger partial charge in [0.25, 0.3) is 11.8 Å². The summed E-state index contributed by atoms with van der Waals surface area (Å²) in [5.74, 6) is -0.0592. The van der Waals surface area contributed by atoms with Gasteiger partial charge in [-0.3, -0.25) is 9.59 Å². The van der Waals surface area contributed by atoms with Gasteiger partial charge in [0.15, 0.2) is 13.2 Å². The van der Waals surface area contributed by atoms with Crippen LogP contribution < -0.4 is 20.1 Å². The Balaban J connectivity index is 1.27. The Morgan fingerprint density at radius 2 is 1.42 bits per heavy atom. The highest BCUT2D eigenvalue weighted by Crippen LogP contribution is 2.47. The number of halogens is 2. The topological polar surface area (TPSA) is 96.9 Å². The Morgan fingerprint density at radius 1 is 0.909 bits per heavy atom. The SMILES string of the molecule is O=C(COc1ccc(F)cc1)NC12CCC(NC(=O)COc3ccc(Cl)cc3)(CC1)[C@@H](O)C2. The van der Waals surface area contributed by atoms with Crippen molar-refractivity contribution in [3.05, 3.63) is 59.4 Å². The normalized spacial score (nSPS) is 25.8. The van der Waals surface area contributed by atoms with E-state index in [1.807, 2.05) is 0 Å². The third-order valence-corrected chi connectivity index (χ3v) is 6.73. The van der Waals surface area contributed by atoms with Crippen molar-refractivity contribution >= 4 is 23.4 Å². The Morgan fingerprint density at radius 3 is 1.97 bits per heavy atom. The highest BCUT2D eigenvalue weighted by Gasteiger charge is 2.55. The van der Waals surface area contributed by atoms with Crippen LogP contribution in [0.2, 0.25) is 5.02 Å². The lowest BCUT2D eigenvalue weighted by molar-refractivity contribution is -0.137. The first kappa shape index (κ1) is 23.3. The minimum Gasteiger partial charge on any atom is -0.484 e. The number of carbonyl (C=O) groups is 2. The van der Waals surface area contributed by atoms with Crippen LogP contribution in [-0.4, -0.2) is 47.3 Å². The van der Waals surface area contributed by atoms with Gasteiger partial charge in [0.2, 0.25) is 0 Å². The van der Waals surface area contributed by atoms with Gasteiger partial charge in [0.05, 0.1) is 11.6 Å². The quantitative estimate of drug-likeness (QED) is 0.544. The molecule has 3 saturated carbocycles. The number of hydrogen-bond donors (Lipinski definition) is 3. The number of hydrogen-bond acceptors (Lipinski definition) is 5. The van der Waals surface area contributed by atoms with E-state index in [-0.39, 0.29) is 30.8 Å². The zero-order valence-corrected chi connectivity index (χ0v) is 18.7. The molecule has 2 amide bonds. The molecule has 176 valence electrons. The van der Waals surface area contributed by atoms with Gasteiger partial charge in [-0.25, -0.2) is 4.39 Å². The zero-order chi connectivity index (χ0) is 23.5. The number of nitrogens with one attached hydrogen (secondary N) is 2. The fourth-order valence-electron chi connectivity index (χ4n) is 4.67. The number of benzene rings is 2. The van der Waals surface area contributed by atoms with Gasteiger partial charge in [-0.15, -0.1) is 0 Å². The van der Waals surface area contributed by atoms with Crippen molar-refractivity contribution < 1.29 is 28.6 Å². The molecule has 2 bridgehead atoms. The summed E-state index contributed by atoms with van der Waals surface area (Å²) in [6.45, 7) is -0.369. The molecule has 9 heteroatoms. The first-order chi connectivity index (χ1) is 15.8. The van der Waals surface area contributed by atoms with Crippen LogP contribution in [0.5, 0.6) is 11.5 Å². The van der Waals surface area contributed by atoms with Crippen molar-refractivity contribution in [1.82, 2.24) is 10.6 Å². The molecule has 2 aromatic carbocycles. The summed E-state index contributed by atoms with van der Waals surface area (Å²) in [5.41, 5.74) is -1.26. The minimum absolute atomic E-state index is 0.168. The van der Waals surface area contributed by atoms with Crippen molar-refractivity contribution in [1.29, 1.82) is 0 Å². The number of fused-ring (bicyclic) bond motifs is 3. The molecule has 3 fully saturated rings. The predicted molar refractivity (Wildman–Crippen MR) is 120 cm³/mol. The van der Waals surface area contributed by atoms with Crippen molar-refractivity contribution in [2.45, 2.75) is 49.3 Å². The van der Waals surface area contributed by atoms with Crippen molar-refractivity contribution in [2.24, 2.45) is 0 Å². The van der Waals surface area contributed by atoms with Gasteiger partial charge >= 0.3 is 0 Å². The number of rotatable bonds is 8. The summed E-state index contributed by atoms with van der Waals surface area (Å²) in [7, 11) is 0. The van der Waals surface area contributed by atoms with E-state index in [1.54, 1.807) is 24.3 Å². The molecule has 3 aliphatic carbocycles. The molecule has 3 N–H and O–H groups in total. The van der Waals surface area contributed by atoms with Crippen molar-refractivity contribution in [2.75, 3.05) is 13.2 Å². The first-order valence-electron chi connectivity index (χ1n) is 10.8. The molecular weight excluding hydrogens is 451 g/mol. The molecule has 0 saturated heterocycles. The van der Waals surface area contributed by atoms with E-state index < -0.39 is 17.2 Å². The van der Waals surface area contributed by atoms with E-state index in [4.69, 9.17) is 21.1 Å². The summed E-state index contributed by atoms with van der Waals surface area (Å²) in [6.07, 6.45) is 1.89.